The molecule has 0 heterocycles. The van der Waals surface area contributed by atoms with Crippen molar-refractivity contribution in [3.05, 3.63) is 67.5 Å². The summed E-state index contributed by atoms with van der Waals surface area (Å²) in [5.41, 5.74) is -4.54. The fourth-order valence-electron chi connectivity index (χ4n) is 2.12. The van der Waals surface area contributed by atoms with Crippen LogP contribution in [0.15, 0.2) is 30.3 Å². The van der Waals surface area contributed by atoms with Gasteiger partial charge >= 0.3 is 6.18 Å². The molecule has 0 saturated carbocycles. The summed E-state index contributed by atoms with van der Waals surface area (Å²) < 4.78 is 52.9. The van der Waals surface area contributed by atoms with Crippen molar-refractivity contribution in [3.63, 3.8) is 0 Å². The van der Waals surface area contributed by atoms with Gasteiger partial charge < -0.3 is 5.32 Å². The molecule has 11 heteroatoms. The number of rotatable bonds is 4. The van der Waals surface area contributed by atoms with Crippen LogP contribution in [-0.2, 0) is 6.18 Å². The number of alkyl halides is 3. The molecule has 2 rings (SSSR count). The quantitative estimate of drug-likeness (QED) is 0.484. The van der Waals surface area contributed by atoms with Gasteiger partial charge in [-0.1, -0.05) is 0 Å². The van der Waals surface area contributed by atoms with E-state index in [0.29, 0.717) is 6.07 Å². The van der Waals surface area contributed by atoms with E-state index in [0.717, 1.165) is 18.2 Å². The van der Waals surface area contributed by atoms with Crippen LogP contribution in [0.4, 0.5) is 40.3 Å². The van der Waals surface area contributed by atoms with Crippen molar-refractivity contribution in [2.75, 3.05) is 5.32 Å². The molecule has 0 aliphatic carbocycles. The Hall–Kier alpha value is -3.24. The monoisotopic (exact) mass is 359 g/mol. The van der Waals surface area contributed by atoms with Gasteiger partial charge in [0.15, 0.2) is 0 Å². The Morgan fingerprint density at radius 3 is 2.16 bits per heavy atom. The highest BCUT2D eigenvalue weighted by Gasteiger charge is 2.39. The highest BCUT2D eigenvalue weighted by atomic mass is 19.4. The first kappa shape index (κ1) is 18.1. The topological polar surface area (TPSA) is 98.3 Å². The van der Waals surface area contributed by atoms with Crippen LogP contribution in [0, 0.1) is 33.0 Å². The Kier molecular flexibility index (Phi) is 4.59. The first-order chi connectivity index (χ1) is 11.5. The van der Waals surface area contributed by atoms with Crippen molar-refractivity contribution >= 4 is 22.7 Å². The van der Waals surface area contributed by atoms with Crippen LogP contribution in [0.1, 0.15) is 11.1 Å². The fraction of sp³-hybridized carbons (Fsp3) is 0.143. The molecule has 0 bridgehead atoms. The number of aryl methyl sites for hydroxylation is 1. The number of nitro groups is 2. The number of hydrogen-bond donors (Lipinski definition) is 1. The maximum Gasteiger partial charge on any atom is 0.418 e. The molecule has 1 N–H and O–H groups in total. The number of nitrogens with zero attached hydrogens (tertiary/aromatic N) is 2. The van der Waals surface area contributed by atoms with Gasteiger partial charge in [0.1, 0.15) is 11.5 Å². The van der Waals surface area contributed by atoms with Crippen LogP contribution in [-0.4, -0.2) is 9.85 Å². The Balaban J connectivity index is 2.73. The van der Waals surface area contributed by atoms with E-state index in [2.05, 4.69) is 5.32 Å². The van der Waals surface area contributed by atoms with Crippen molar-refractivity contribution in [2.24, 2.45) is 0 Å². The van der Waals surface area contributed by atoms with E-state index in [-0.39, 0.29) is 17.3 Å². The average molecular weight is 359 g/mol. The van der Waals surface area contributed by atoms with Crippen LogP contribution in [0.5, 0.6) is 0 Å². The number of nitrogens with one attached hydrogen (secondary N) is 1. The van der Waals surface area contributed by atoms with Crippen molar-refractivity contribution < 1.29 is 27.4 Å². The Labute approximate surface area is 137 Å². The largest absolute Gasteiger partial charge is 0.418 e. The molecule has 7 nitrogen and oxygen atoms in total. The van der Waals surface area contributed by atoms with Crippen molar-refractivity contribution in [2.45, 2.75) is 13.1 Å². The van der Waals surface area contributed by atoms with Crippen LogP contribution in [0.3, 0.4) is 0 Å². The molecule has 0 fully saturated rings. The molecule has 0 aromatic heterocycles. The van der Waals surface area contributed by atoms with Gasteiger partial charge in [0.2, 0.25) is 0 Å². The molecule has 0 aliphatic rings. The molecule has 2 aromatic rings. The predicted molar refractivity (Wildman–Crippen MR) is 79.2 cm³/mol. The standard InChI is InChI=1S/C14H9F4N3O4/c1-7-4-8(15)2-3-11(7)19-13-10(14(16,17)18)5-9(20(22)23)6-12(13)21(24)25/h2-6,19H,1H3. The second-order valence-electron chi connectivity index (χ2n) is 4.98. The number of benzene rings is 2. The number of non-ortho nitro benzene ring substituents is 1. The van der Waals surface area contributed by atoms with E-state index in [1.165, 1.54) is 6.92 Å². The van der Waals surface area contributed by atoms with E-state index in [4.69, 9.17) is 0 Å². The summed E-state index contributed by atoms with van der Waals surface area (Å²) in [5, 5.41) is 24.1. The van der Waals surface area contributed by atoms with Gasteiger partial charge in [-0.2, -0.15) is 13.2 Å². The molecule has 0 saturated heterocycles. The molecular weight excluding hydrogens is 350 g/mol. The first-order valence-corrected chi connectivity index (χ1v) is 6.58. The molecule has 0 amide bonds. The fourth-order valence-corrected chi connectivity index (χ4v) is 2.12. The lowest BCUT2D eigenvalue weighted by molar-refractivity contribution is -0.394. The van der Waals surface area contributed by atoms with E-state index in [9.17, 15) is 37.8 Å². The van der Waals surface area contributed by atoms with Crippen LogP contribution >= 0.6 is 0 Å². The molecule has 0 radical (unpaired) electrons. The van der Waals surface area contributed by atoms with Crippen LogP contribution < -0.4 is 5.32 Å². The summed E-state index contributed by atoms with van der Waals surface area (Å²) in [4.78, 5) is 19.6. The maximum atomic E-state index is 13.3. The van der Waals surface area contributed by atoms with Crippen molar-refractivity contribution in [3.8, 4) is 0 Å². The lowest BCUT2D eigenvalue weighted by Crippen LogP contribution is -2.12. The summed E-state index contributed by atoms with van der Waals surface area (Å²) in [6.45, 7) is 1.38. The predicted octanol–water partition coefficient (Wildman–Crippen LogP) is 4.71. The molecule has 0 aliphatic heterocycles. The summed E-state index contributed by atoms with van der Waals surface area (Å²) in [6, 6.07) is 3.72. The number of nitro benzene ring substituents is 2. The van der Waals surface area contributed by atoms with Gasteiger partial charge in [-0.3, -0.25) is 20.2 Å². The molecular formula is C14H9F4N3O4. The highest BCUT2D eigenvalue weighted by molar-refractivity contribution is 5.77. The van der Waals surface area contributed by atoms with Crippen molar-refractivity contribution in [1.29, 1.82) is 0 Å². The third-order valence-corrected chi connectivity index (χ3v) is 3.26. The van der Waals surface area contributed by atoms with Gasteiger partial charge in [0.25, 0.3) is 11.4 Å². The summed E-state index contributed by atoms with van der Waals surface area (Å²) in [5.74, 6) is -0.641. The minimum Gasteiger partial charge on any atom is -0.349 e. The zero-order valence-corrected chi connectivity index (χ0v) is 12.4. The lowest BCUT2D eigenvalue weighted by atomic mass is 10.1. The number of anilines is 2. The highest BCUT2D eigenvalue weighted by Crippen LogP contribution is 2.43. The summed E-state index contributed by atoms with van der Waals surface area (Å²) in [6.07, 6.45) is -5.09. The van der Waals surface area contributed by atoms with Gasteiger partial charge in [-0.25, -0.2) is 4.39 Å². The summed E-state index contributed by atoms with van der Waals surface area (Å²) >= 11 is 0. The number of halogens is 4. The van der Waals surface area contributed by atoms with E-state index < -0.39 is 44.5 Å². The van der Waals surface area contributed by atoms with Crippen molar-refractivity contribution in [1.82, 2.24) is 0 Å². The molecule has 25 heavy (non-hydrogen) atoms. The van der Waals surface area contributed by atoms with E-state index >= 15 is 0 Å². The van der Waals surface area contributed by atoms with Gasteiger partial charge in [0, 0.05) is 11.8 Å². The average Bonchev–Trinajstić information content (AvgIpc) is 2.48. The normalized spacial score (nSPS) is 11.2. The number of hydrogen-bond acceptors (Lipinski definition) is 5. The summed E-state index contributed by atoms with van der Waals surface area (Å²) in [7, 11) is 0. The first-order valence-electron chi connectivity index (χ1n) is 6.58. The minimum atomic E-state index is -5.09. The minimum absolute atomic E-state index is 0.0103. The van der Waals surface area contributed by atoms with E-state index in [1.54, 1.807) is 0 Å². The molecule has 132 valence electrons. The van der Waals surface area contributed by atoms with E-state index in [1.807, 2.05) is 0 Å². The lowest BCUT2D eigenvalue weighted by Gasteiger charge is -2.16. The zero-order chi connectivity index (χ0) is 18.9. The van der Waals surface area contributed by atoms with Gasteiger partial charge in [-0.05, 0) is 30.7 Å². The van der Waals surface area contributed by atoms with Gasteiger partial charge in [-0.15, -0.1) is 0 Å². The third-order valence-electron chi connectivity index (χ3n) is 3.26. The molecule has 0 atom stereocenters. The van der Waals surface area contributed by atoms with Gasteiger partial charge in [0.05, 0.1) is 21.5 Å². The Morgan fingerprint density at radius 1 is 1.04 bits per heavy atom. The maximum absolute atomic E-state index is 13.3. The van der Waals surface area contributed by atoms with Crippen LogP contribution in [0.2, 0.25) is 0 Å². The molecule has 0 spiro atoms. The third kappa shape index (κ3) is 3.82. The Bertz CT molecular complexity index is 868. The second kappa shape index (κ2) is 6.34. The molecule has 2 aromatic carbocycles. The van der Waals surface area contributed by atoms with Crippen LogP contribution in [0.25, 0.3) is 0 Å². The zero-order valence-electron chi connectivity index (χ0n) is 12.4. The second-order valence-corrected chi connectivity index (χ2v) is 4.98. The smallest absolute Gasteiger partial charge is 0.349 e. The molecule has 0 unspecified atom stereocenters. The SMILES string of the molecule is Cc1cc(F)ccc1Nc1c([N+](=O)[O-])cc([N+](=O)[O-])cc1C(F)(F)F. The Morgan fingerprint density at radius 2 is 1.68 bits per heavy atom.